The van der Waals surface area contributed by atoms with Crippen molar-refractivity contribution in [1.29, 1.82) is 0 Å². The maximum atomic E-state index is 12.2. The number of aromatic nitrogens is 4. The van der Waals surface area contributed by atoms with E-state index in [0.717, 1.165) is 4.57 Å². The molecule has 2 N–H and O–H groups in total. The number of rotatable bonds is 4. The Kier molecular flexibility index (Phi) is 3.58. The lowest BCUT2D eigenvalue weighted by Gasteiger charge is -2.11. The molecular weight excluding hydrogens is 278 g/mol. The number of nitrogens with one attached hydrogen (secondary N) is 1. The molecule has 0 radical (unpaired) electrons. The van der Waals surface area contributed by atoms with Gasteiger partial charge in [-0.15, -0.1) is 0 Å². The fraction of sp³-hybridized carbons (Fsp3) is 0.500. The molecule has 0 aliphatic heterocycles. The van der Waals surface area contributed by atoms with Crippen LogP contribution in [-0.2, 0) is 18.9 Å². The first kappa shape index (κ1) is 14.8. The molecule has 2 aromatic heterocycles. The largest absolute Gasteiger partial charge is 0.480 e. The smallest absolute Gasteiger partial charge is 0.332 e. The molecule has 0 aliphatic rings. The van der Waals surface area contributed by atoms with Gasteiger partial charge in [0, 0.05) is 20.1 Å². The lowest BCUT2D eigenvalue weighted by Crippen LogP contribution is -2.39. The van der Waals surface area contributed by atoms with Gasteiger partial charge in [-0.1, -0.05) is 0 Å². The van der Waals surface area contributed by atoms with E-state index in [9.17, 15) is 14.4 Å². The Hall–Kier alpha value is -2.58. The second-order valence-electron chi connectivity index (χ2n) is 5.02. The van der Waals surface area contributed by atoms with Crippen molar-refractivity contribution in [2.75, 3.05) is 11.9 Å². The molecule has 0 amide bonds. The lowest BCUT2D eigenvalue weighted by atomic mass is 10.3. The highest BCUT2D eigenvalue weighted by atomic mass is 16.4. The predicted octanol–water partition coefficient (Wildman–Crippen LogP) is -0.489. The van der Waals surface area contributed by atoms with Gasteiger partial charge in [-0.2, -0.15) is 4.98 Å². The molecular formula is C12H17N5O4. The van der Waals surface area contributed by atoms with Gasteiger partial charge in [0.05, 0.1) is 0 Å². The Morgan fingerprint density at radius 3 is 2.43 bits per heavy atom. The van der Waals surface area contributed by atoms with E-state index in [1.807, 2.05) is 13.8 Å². The maximum absolute atomic E-state index is 12.2. The van der Waals surface area contributed by atoms with Crippen LogP contribution >= 0.6 is 0 Å². The number of carbonyl (C=O) groups is 1. The van der Waals surface area contributed by atoms with Crippen LogP contribution in [0.25, 0.3) is 11.2 Å². The Balaban J connectivity index is 2.81. The Morgan fingerprint density at radius 2 is 1.90 bits per heavy atom. The van der Waals surface area contributed by atoms with Crippen LogP contribution < -0.4 is 16.6 Å². The zero-order valence-corrected chi connectivity index (χ0v) is 12.2. The average Bonchev–Trinajstić information content (AvgIpc) is 2.70. The summed E-state index contributed by atoms with van der Waals surface area (Å²) < 4.78 is 3.88. The molecule has 0 aromatic carbocycles. The van der Waals surface area contributed by atoms with Crippen LogP contribution in [0.1, 0.15) is 19.9 Å². The second kappa shape index (κ2) is 5.08. The van der Waals surface area contributed by atoms with Crippen LogP contribution in [0.15, 0.2) is 9.59 Å². The van der Waals surface area contributed by atoms with Gasteiger partial charge in [-0.3, -0.25) is 18.7 Å². The van der Waals surface area contributed by atoms with Gasteiger partial charge in [0.1, 0.15) is 6.54 Å². The minimum atomic E-state index is -1.05. The molecule has 2 rings (SSSR count). The van der Waals surface area contributed by atoms with Crippen LogP contribution in [0.2, 0.25) is 0 Å². The summed E-state index contributed by atoms with van der Waals surface area (Å²) in [4.78, 5) is 39.3. The standard InChI is InChI=1S/C12H17N5O4/c1-6(2)17-9-8(10(20)16(4)12(17)21)15(3)11(14-9)13-5-7(18)19/h6H,5H2,1-4H3,(H,13,14)(H,18,19). The molecule has 0 fully saturated rings. The third kappa shape index (κ3) is 2.30. The SMILES string of the molecule is CC(C)n1c(=O)n(C)c(=O)c2c1nc(NCC(=O)O)n2C. The first-order valence-electron chi connectivity index (χ1n) is 6.39. The molecule has 0 saturated heterocycles. The van der Waals surface area contributed by atoms with E-state index in [2.05, 4.69) is 10.3 Å². The highest BCUT2D eigenvalue weighted by molar-refractivity contribution is 5.76. The molecule has 2 heterocycles. The summed E-state index contributed by atoms with van der Waals surface area (Å²) in [6.07, 6.45) is 0. The Labute approximate surface area is 119 Å². The topological polar surface area (TPSA) is 111 Å². The van der Waals surface area contributed by atoms with Crippen LogP contribution in [0.3, 0.4) is 0 Å². The number of aryl methyl sites for hydroxylation is 1. The predicted molar refractivity (Wildman–Crippen MR) is 76.7 cm³/mol. The molecule has 2 aromatic rings. The van der Waals surface area contributed by atoms with Crippen LogP contribution in [0.4, 0.5) is 5.95 Å². The van der Waals surface area contributed by atoms with Crippen molar-refractivity contribution in [3.05, 3.63) is 20.8 Å². The number of aliphatic carboxylic acids is 1. The molecule has 0 unspecified atom stereocenters. The van der Waals surface area contributed by atoms with Crippen molar-refractivity contribution in [2.45, 2.75) is 19.9 Å². The summed E-state index contributed by atoms with van der Waals surface area (Å²) in [5, 5.41) is 11.3. The third-order valence-electron chi connectivity index (χ3n) is 3.22. The van der Waals surface area contributed by atoms with Crippen molar-refractivity contribution in [1.82, 2.24) is 18.7 Å². The van der Waals surface area contributed by atoms with Gasteiger partial charge in [-0.05, 0) is 13.8 Å². The van der Waals surface area contributed by atoms with E-state index in [1.54, 1.807) is 7.05 Å². The number of hydrogen-bond donors (Lipinski definition) is 2. The van der Waals surface area contributed by atoms with Crippen molar-refractivity contribution in [3.63, 3.8) is 0 Å². The molecule has 0 bridgehead atoms. The average molecular weight is 295 g/mol. The number of imidazole rings is 1. The van der Waals surface area contributed by atoms with Crippen LogP contribution in [0, 0.1) is 0 Å². The van der Waals surface area contributed by atoms with Gasteiger partial charge >= 0.3 is 11.7 Å². The summed E-state index contributed by atoms with van der Waals surface area (Å²) in [5.74, 6) is -0.819. The number of nitrogens with zero attached hydrogens (tertiary/aromatic N) is 4. The molecule has 0 atom stereocenters. The number of fused-ring (bicyclic) bond motifs is 1. The lowest BCUT2D eigenvalue weighted by molar-refractivity contribution is -0.134. The van der Waals surface area contributed by atoms with Crippen molar-refractivity contribution >= 4 is 23.1 Å². The summed E-state index contributed by atoms with van der Waals surface area (Å²) in [6.45, 7) is 3.29. The number of anilines is 1. The van der Waals surface area contributed by atoms with Crippen molar-refractivity contribution in [3.8, 4) is 0 Å². The summed E-state index contributed by atoms with van der Waals surface area (Å²) in [6, 6.07) is -0.186. The maximum Gasteiger partial charge on any atom is 0.332 e. The van der Waals surface area contributed by atoms with Gasteiger partial charge in [0.15, 0.2) is 11.2 Å². The fourth-order valence-electron chi connectivity index (χ4n) is 2.17. The zero-order valence-electron chi connectivity index (χ0n) is 12.2. The first-order valence-corrected chi connectivity index (χ1v) is 6.39. The normalized spacial score (nSPS) is 11.3. The summed E-state index contributed by atoms with van der Waals surface area (Å²) in [7, 11) is 3.00. The van der Waals surface area contributed by atoms with Crippen LogP contribution in [0.5, 0.6) is 0 Å². The number of carboxylic acid groups (broad SMARTS) is 1. The van der Waals surface area contributed by atoms with Crippen molar-refractivity contribution in [2.24, 2.45) is 14.1 Å². The van der Waals surface area contributed by atoms with Gasteiger partial charge < -0.3 is 15.0 Å². The van der Waals surface area contributed by atoms with E-state index in [-0.39, 0.29) is 29.7 Å². The van der Waals surface area contributed by atoms with Gasteiger partial charge in [-0.25, -0.2) is 4.79 Å². The van der Waals surface area contributed by atoms with E-state index in [0.29, 0.717) is 0 Å². The number of hydrogen-bond acceptors (Lipinski definition) is 5. The highest BCUT2D eigenvalue weighted by Gasteiger charge is 2.20. The quantitative estimate of drug-likeness (QED) is 0.787. The molecule has 9 nitrogen and oxygen atoms in total. The zero-order chi connectivity index (χ0) is 15.9. The fourth-order valence-corrected chi connectivity index (χ4v) is 2.17. The summed E-state index contributed by atoms with van der Waals surface area (Å²) >= 11 is 0. The molecule has 0 spiro atoms. The van der Waals surface area contributed by atoms with E-state index in [1.165, 1.54) is 16.2 Å². The van der Waals surface area contributed by atoms with E-state index >= 15 is 0 Å². The van der Waals surface area contributed by atoms with E-state index in [4.69, 9.17) is 5.11 Å². The van der Waals surface area contributed by atoms with Crippen LogP contribution in [-0.4, -0.2) is 36.3 Å². The van der Waals surface area contributed by atoms with Crippen molar-refractivity contribution < 1.29 is 9.90 Å². The Bertz CT molecular complexity index is 827. The molecule has 0 aliphatic carbocycles. The molecule has 0 saturated carbocycles. The third-order valence-corrected chi connectivity index (χ3v) is 3.22. The van der Waals surface area contributed by atoms with Gasteiger partial charge in [0.2, 0.25) is 5.95 Å². The number of carboxylic acids is 1. The minimum absolute atomic E-state index is 0.186. The minimum Gasteiger partial charge on any atom is -0.480 e. The molecule has 9 heteroatoms. The molecule has 114 valence electrons. The molecule has 21 heavy (non-hydrogen) atoms. The second-order valence-corrected chi connectivity index (χ2v) is 5.02. The first-order chi connectivity index (χ1) is 9.75. The monoisotopic (exact) mass is 295 g/mol. The Morgan fingerprint density at radius 1 is 1.29 bits per heavy atom. The van der Waals surface area contributed by atoms with Gasteiger partial charge in [0.25, 0.3) is 5.56 Å². The highest BCUT2D eigenvalue weighted by Crippen LogP contribution is 2.16. The summed E-state index contributed by atoms with van der Waals surface area (Å²) in [5.41, 5.74) is -0.428. The van der Waals surface area contributed by atoms with E-state index < -0.39 is 17.2 Å².